The molecule has 134 valence electrons. The van der Waals surface area contributed by atoms with Gasteiger partial charge < -0.3 is 19.9 Å². The van der Waals surface area contributed by atoms with E-state index in [4.69, 9.17) is 9.47 Å². The van der Waals surface area contributed by atoms with E-state index in [1.807, 2.05) is 20.8 Å². The molecule has 0 bridgehead atoms. The van der Waals surface area contributed by atoms with Crippen LogP contribution < -0.4 is 14.8 Å². The number of hydrogen-bond acceptors (Lipinski definition) is 4. The van der Waals surface area contributed by atoms with E-state index in [0.717, 1.165) is 6.42 Å². The van der Waals surface area contributed by atoms with Crippen LogP contribution in [0.1, 0.15) is 45.2 Å². The van der Waals surface area contributed by atoms with Gasteiger partial charge in [0.15, 0.2) is 11.5 Å². The third-order valence-corrected chi connectivity index (χ3v) is 4.42. The molecule has 0 saturated heterocycles. The van der Waals surface area contributed by atoms with Gasteiger partial charge in [-0.2, -0.15) is 0 Å². The fraction of sp³-hybridized carbons (Fsp3) is 0.556. The lowest BCUT2D eigenvalue weighted by Gasteiger charge is -2.23. The lowest BCUT2D eigenvalue weighted by atomic mass is 9.92. The van der Waals surface area contributed by atoms with Crippen LogP contribution in [0.4, 0.5) is 0 Å². The van der Waals surface area contributed by atoms with E-state index in [2.05, 4.69) is 5.32 Å². The Kier molecular flexibility index (Phi) is 7.55. The predicted octanol–water partition coefficient (Wildman–Crippen LogP) is 3.02. The number of rotatable bonds is 9. The van der Waals surface area contributed by atoms with E-state index in [-0.39, 0.29) is 24.2 Å². The van der Waals surface area contributed by atoms with Crippen molar-refractivity contribution >= 4 is 11.9 Å². The number of carbonyl (C=O) groups excluding carboxylic acids is 1. The van der Waals surface area contributed by atoms with Crippen molar-refractivity contribution in [2.24, 2.45) is 11.8 Å². The summed E-state index contributed by atoms with van der Waals surface area (Å²) >= 11 is 0. The van der Waals surface area contributed by atoms with E-state index in [9.17, 15) is 14.7 Å². The quantitative estimate of drug-likeness (QED) is 0.723. The Balaban J connectivity index is 3.05. The van der Waals surface area contributed by atoms with Crippen molar-refractivity contribution in [3.8, 4) is 11.5 Å². The normalized spacial score (nSPS) is 14.4. The molecule has 3 unspecified atom stereocenters. The maximum atomic E-state index is 12.4. The molecule has 0 saturated carbocycles. The largest absolute Gasteiger partial charge is 0.493 e. The summed E-state index contributed by atoms with van der Waals surface area (Å²) in [4.78, 5) is 23.6. The average Bonchev–Trinajstić information content (AvgIpc) is 2.58. The smallest absolute Gasteiger partial charge is 0.305 e. The van der Waals surface area contributed by atoms with Gasteiger partial charge in [0.2, 0.25) is 5.91 Å². The van der Waals surface area contributed by atoms with Crippen molar-refractivity contribution in [2.75, 3.05) is 14.2 Å². The fourth-order valence-corrected chi connectivity index (χ4v) is 2.41. The first kappa shape index (κ1) is 19.8. The minimum Gasteiger partial charge on any atom is -0.493 e. The number of aliphatic carboxylic acids is 1. The van der Waals surface area contributed by atoms with Crippen LogP contribution in [0.2, 0.25) is 0 Å². The molecule has 6 nitrogen and oxygen atoms in total. The average molecular weight is 337 g/mol. The van der Waals surface area contributed by atoms with Gasteiger partial charge in [0.05, 0.1) is 26.7 Å². The number of ether oxygens (including phenoxy) is 2. The van der Waals surface area contributed by atoms with Crippen LogP contribution in [-0.2, 0) is 9.59 Å². The molecule has 1 amide bonds. The zero-order valence-corrected chi connectivity index (χ0v) is 15.0. The molecule has 6 heteroatoms. The number of carboxylic acids is 1. The van der Waals surface area contributed by atoms with Crippen molar-refractivity contribution in [1.29, 1.82) is 0 Å². The van der Waals surface area contributed by atoms with Gasteiger partial charge in [-0.3, -0.25) is 9.59 Å². The number of carbonyl (C=O) groups is 2. The molecule has 1 aromatic rings. The van der Waals surface area contributed by atoms with Gasteiger partial charge in [-0.25, -0.2) is 0 Å². The van der Waals surface area contributed by atoms with E-state index >= 15 is 0 Å². The molecule has 0 heterocycles. The number of methoxy groups -OCH3 is 2. The molecule has 3 atom stereocenters. The van der Waals surface area contributed by atoms with Crippen LogP contribution in [0.5, 0.6) is 11.5 Å². The lowest BCUT2D eigenvalue weighted by Crippen LogP contribution is -2.36. The molecule has 24 heavy (non-hydrogen) atoms. The first-order chi connectivity index (χ1) is 11.3. The highest BCUT2D eigenvalue weighted by atomic mass is 16.5. The molecule has 0 aliphatic rings. The molecular formula is C18H27NO5. The summed E-state index contributed by atoms with van der Waals surface area (Å²) < 4.78 is 10.4. The van der Waals surface area contributed by atoms with Gasteiger partial charge in [0.25, 0.3) is 0 Å². The minimum atomic E-state index is -0.980. The van der Waals surface area contributed by atoms with Crippen LogP contribution in [0.15, 0.2) is 18.2 Å². The highest BCUT2D eigenvalue weighted by molar-refractivity contribution is 5.80. The number of hydrogen-bond donors (Lipinski definition) is 2. The van der Waals surface area contributed by atoms with E-state index in [0.29, 0.717) is 17.1 Å². The third-order valence-electron chi connectivity index (χ3n) is 4.42. The molecule has 0 aliphatic heterocycles. The second kappa shape index (κ2) is 9.15. The summed E-state index contributed by atoms with van der Waals surface area (Å²) in [6.07, 6.45) is 0.684. The maximum absolute atomic E-state index is 12.4. The van der Waals surface area contributed by atoms with Crippen molar-refractivity contribution in [3.63, 3.8) is 0 Å². The second-order valence-electron chi connectivity index (χ2n) is 5.95. The Bertz CT molecular complexity index is 573. The van der Waals surface area contributed by atoms with Crippen LogP contribution in [-0.4, -0.2) is 31.2 Å². The van der Waals surface area contributed by atoms with Gasteiger partial charge in [-0.05, 0) is 23.6 Å². The Hall–Kier alpha value is -2.24. The number of nitrogens with one attached hydrogen (secondary N) is 1. The van der Waals surface area contributed by atoms with Crippen LogP contribution in [0, 0.1) is 11.8 Å². The molecule has 1 aromatic carbocycles. The molecular weight excluding hydrogens is 310 g/mol. The summed E-state index contributed by atoms with van der Waals surface area (Å²) in [6.45, 7) is 5.89. The Morgan fingerprint density at radius 2 is 1.79 bits per heavy atom. The van der Waals surface area contributed by atoms with Crippen molar-refractivity contribution < 1.29 is 24.2 Å². The molecule has 0 aromatic heterocycles. The monoisotopic (exact) mass is 337 g/mol. The number of benzene rings is 1. The van der Waals surface area contributed by atoms with Gasteiger partial charge in [-0.1, -0.05) is 33.3 Å². The summed E-state index contributed by atoms with van der Waals surface area (Å²) in [5, 5.41) is 12.0. The SMILES string of the molecule is CCC(C)C(C)C(=O)NC(CC(=O)O)c1ccc(OC)c(OC)c1. The van der Waals surface area contributed by atoms with Crippen molar-refractivity contribution in [3.05, 3.63) is 23.8 Å². The molecule has 2 N–H and O–H groups in total. The van der Waals surface area contributed by atoms with Gasteiger partial charge >= 0.3 is 5.97 Å². The Morgan fingerprint density at radius 3 is 2.29 bits per heavy atom. The lowest BCUT2D eigenvalue weighted by molar-refractivity contribution is -0.138. The zero-order valence-electron chi connectivity index (χ0n) is 15.0. The topological polar surface area (TPSA) is 84.9 Å². The molecule has 0 radical (unpaired) electrons. The standard InChI is InChI=1S/C18H27NO5/c1-6-11(2)12(3)18(22)19-14(10-17(20)21)13-7-8-15(23-4)16(9-13)24-5/h7-9,11-12,14H,6,10H2,1-5H3,(H,19,22)(H,20,21). The molecule has 0 spiro atoms. The Morgan fingerprint density at radius 1 is 1.17 bits per heavy atom. The number of amides is 1. The van der Waals surface area contributed by atoms with Crippen LogP contribution in [0.25, 0.3) is 0 Å². The second-order valence-corrected chi connectivity index (χ2v) is 5.95. The van der Waals surface area contributed by atoms with E-state index < -0.39 is 12.0 Å². The summed E-state index contributed by atoms with van der Waals surface area (Å²) in [5.41, 5.74) is 0.666. The molecule has 1 rings (SSSR count). The van der Waals surface area contributed by atoms with Gasteiger partial charge in [0.1, 0.15) is 0 Å². The first-order valence-corrected chi connectivity index (χ1v) is 8.08. The van der Waals surface area contributed by atoms with Crippen LogP contribution in [0.3, 0.4) is 0 Å². The summed E-state index contributed by atoms with van der Waals surface area (Å²) in [6, 6.07) is 4.51. The summed E-state index contributed by atoms with van der Waals surface area (Å²) in [5.74, 6) is -0.0479. The van der Waals surface area contributed by atoms with Crippen LogP contribution >= 0.6 is 0 Å². The Labute approximate surface area is 143 Å². The molecule has 0 fully saturated rings. The number of carboxylic acid groups (broad SMARTS) is 1. The highest BCUT2D eigenvalue weighted by Gasteiger charge is 2.24. The fourth-order valence-electron chi connectivity index (χ4n) is 2.41. The van der Waals surface area contributed by atoms with Gasteiger partial charge in [0, 0.05) is 5.92 Å². The van der Waals surface area contributed by atoms with Gasteiger partial charge in [-0.15, -0.1) is 0 Å². The third kappa shape index (κ3) is 5.15. The highest BCUT2D eigenvalue weighted by Crippen LogP contribution is 2.31. The van der Waals surface area contributed by atoms with E-state index in [1.54, 1.807) is 18.2 Å². The minimum absolute atomic E-state index is 0.148. The van der Waals surface area contributed by atoms with Crippen molar-refractivity contribution in [1.82, 2.24) is 5.32 Å². The predicted molar refractivity (Wildman–Crippen MR) is 91.3 cm³/mol. The zero-order chi connectivity index (χ0) is 18.3. The first-order valence-electron chi connectivity index (χ1n) is 8.08. The molecule has 0 aliphatic carbocycles. The van der Waals surface area contributed by atoms with Crippen molar-refractivity contribution in [2.45, 2.75) is 39.7 Å². The maximum Gasteiger partial charge on any atom is 0.305 e. The summed E-state index contributed by atoms with van der Waals surface area (Å²) in [7, 11) is 3.04. The van der Waals surface area contributed by atoms with E-state index in [1.165, 1.54) is 14.2 Å².